The van der Waals surface area contributed by atoms with Crippen LogP contribution in [0, 0.1) is 0 Å². The summed E-state index contributed by atoms with van der Waals surface area (Å²) in [5.41, 5.74) is 3.67. The Labute approximate surface area is 141 Å². The van der Waals surface area contributed by atoms with Gasteiger partial charge >= 0.3 is 0 Å². The summed E-state index contributed by atoms with van der Waals surface area (Å²) in [5, 5.41) is 8.42. The van der Waals surface area contributed by atoms with Crippen molar-refractivity contribution in [1.82, 2.24) is 15.1 Å². The Hall–Kier alpha value is -2.05. The van der Waals surface area contributed by atoms with Crippen LogP contribution < -0.4 is 14.8 Å². The van der Waals surface area contributed by atoms with Gasteiger partial charge in [-0.05, 0) is 30.9 Å². The van der Waals surface area contributed by atoms with Crippen LogP contribution >= 0.6 is 0 Å². The lowest BCUT2D eigenvalue weighted by Crippen LogP contribution is -2.25. The fourth-order valence-corrected chi connectivity index (χ4v) is 3.46. The smallest absolute Gasteiger partial charge is 0.231 e. The zero-order chi connectivity index (χ0) is 16.4. The molecule has 1 aliphatic heterocycles. The highest BCUT2D eigenvalue weighted by Gasteiger charge is 2.24. The Morgan fingerprint density at radius 2 is 2.33 bits per heavy atom. The number of aryl methyl sites for hydroxylation is 1. The first kappa shape index (κ1) is 15.5. The number of hydrogen-bond acceptors (Lipinski definition) is 5. The summed E-state index contributed by atoms with van der Waals surface area (Å²) in [6, 6.07) is 6.33. The Balaban J connectivity index is 1.47. The number of rotatable bonds is 6. The van der Waals surface area contributed by atoms with Gasteiger partial charge < -0.3 is 19.5 Å². The van der Waals surface area contributed by atoms with E-state index in [1.807, 2.05) is 16.8 Å². The topological polar surface area (TPSA) is 57.5 Å². The standard InChI is InChI=1S/C18H23N3O3/c1-22-9-8-21-11-14-5-2-6-15(17(14)20-21)19-10-13-4-3-7-16-18(13)24-12-23-16/h3-4,7,11,15,19H,2,5-6,8-10,12H2,1H3/t15-/m0/s1. The number of nitrogens with one attached hydrogen (secondary N) is 1. The van der Waals surface area contributed by atoms with Gasteiger partial charge in [-0.1, -0.05) is 12.1 Å². The lowest BCUT2D eigenvalue weighted by Gasteiger charge is -2.22. The summed E-state index contributed by atoms with van der Waals surface area (Å²) in [6.45, 7) is 2.55. The molecule has 0 saturated carbocycles. The van der Waals surface area contributed by atoms with Gasteiger partial charge in [0, 0.05) is 25.4 Å². The molecular formula is C18H23N3O3. The molecule has 6 nitrogen and oxygen atoms in total. The van der Waals surface area contributed by atoms with E-state index in [1.54, 1.807) is 7.11 Å². The third kappa shape index (κ3) is 2.99. The van der Waals surface area contributed by atoms with Crippen molar-refractivity contribution in [3.05, 3.63) is 41.2 Å². The van der Waals surface area contributed by atoms with E-state index < -0.39 is 0 Å². The molecule has 0 radical (unpaired) electrons. The Bertz CT molecular complexity index is 714. The van der Waals surface area contributed by atoms with Crippen molar-refractivity contribution < 1.29 is 14.2 Å². The normalized spacial score (nSPS) is 18.6. The van der Waals surface area contributed by atoms with Crippen LogP contribution in [0.15, 0.2) is 24.4 Å². The minimum Gasteiger partial charge on any atom is -0.454 e. The largest absolute Gasteiger partial charge is 0.454 e. The molecule has 2 heterocycles. The predicted octanol–water partition coefficient (Wildman–Crippen LogP) is 2.43. The van der Waals surface area contributed by atoms with Gasteiger partial charge in [-0.15, -0.1) is 0 Å². The first-order valence-electron chi connectivity index (χ1n) is 8.51. The maximum absolute atomic E-state index is 5.59. The van der Waals surface area contributed by atoms with Crippen LogP contribution in [0.1, 0.15) is 35.7 Å². The molecule has 1 aromatic carbocycles. The summed E-state index contributed by atoms with van der Waals surface area (Å²) >= 11 is 0. The Morgan fingerprint density at radius 3 is 3.25 bits per heavy atom. The Kier molecular flexibility index (Phi) is 4.40. The number of hydrogen-bond donors (Lipinski definition) is 1. The van der Waals surface area contributed by atoms with Crippen LogP contribution in [0.3, 0.4) is 0 Å². The van der Waals surface area contributed by atoms with Crippen LogP contribution in [-0.2, 0) is 24.2 Å². The van der Waals surface area contributed by atoms with E-state index in [-0.39, 0.29) is 6.04 Å². The van der Waals surface area contributed by atoms with Gasteiger partial charge in [-0.3, -0.25) is 4.68 Å². The lowest BCUT2D eigenvalue weighted by molar-refractivity contribution is 0.173. The van der Waals surface area contributed by atoms with Gasteiger partial charge in [0.2, 0.25) is 6.79 Å². The van der Waals surface area contributed by atoms with Gasteiger partial charge in [0.15, 0.2) is 11.5 Å². The number of fused-ring (bicyclic) bond motifs is 2. The van der Waals surface area contributed by atoms with Crippen LogP contribution in [-0.4, -0.2) is 30.3 Å². The van der Waals surface area contributed by atoms with Gasteiger partial charge in [0.05, 0.1) is 24.9 Å². The van der Waals surface area contributed by atoms with Crippen molar-refractivity contribution in [1.29, 1.82) is 0 Å². The van der Waals surface area contributed by atoms with Crippen LogP contribution in [0.4, 0.5) is 0 Å². The number of aromatic nitrogens is 2. The minimum absolute atomic E-state index is 0.288. The highest BCUT2D eigenvalue weighted by Crippen LogP contribution is 2.36. The van der Waals surface area contributed by atoms with Gasteiger partial charge in [-0.2, -0.15) is 5.10 Å². The molecule has 0 fully saturated rings. The van der Waals surface area contributed by atoms with E-state index >= 15 is 0 Å². The van der Waals surface area contributed by atoms with E-state index in [9.17, 15) is 0 Å². The summed E-state index contributed by atoms with van der Waals surface area (Å²) in [4.78, 5) is 0. The number of para-hydroxylation sites is 1. The first-order valence-corrected chi connectivity index (χ1v) is 8.51. The summed E-state index contributed by atoms with van der Waals surface area (Å²) in [5.74, 6) is 1.70. The molecular weight excluding hydrogens is 306 g/mol. The minimum atomic E-state index is 0.288. The molecule has 24 heavy (non-hydrogen) atoms. The first-order chi connectivity index (χ1) is 11.8. The van der Waals surface area contributed by atoms with Crippen molar-refractivity contribution in [2.75, 3.05) is 20.5 Å². The monoisotopic (exact) mass is 329 g/mol. The molecule has 1 aromatic heterocycles. The Morgan fingerprint density at radius 1 is 1.38 bits per heavy atom. The number of ether oxygens (including phenoxy) is 3. The van der Waals surface area contributed by atoms with E-state index in [1.165, 1.54) is 17.7 Å². The molecule has 2 aliphatic rings. The summed E-state index contributed by atoms with van der Waals surface area (Å²) < 4.78 is 18.2. The third-order valence-electron chi connectivity index (χ3n) is 4.68. The van der Waals surface area contributed by atoms with E-state index in [4.69, 9.17) is 19.3 Å². The van der Waals surface area contributed by atoms with Crippen LogP contribution in [0.25, 0.3) is 0 Å². The lowest BCUT2D eigenvalue weighted by atomic mass is 9.93. The molecule has 128 valence electrons. The van der Waals surface area contributed by atoms with Crippen molar-refractivity contribution in [2.24, 2.45) is 0 Å². The molecule has 2 aromatic rings. The number of benzene rings is 1. The maximum atomic E-state index is 5.59. The quantitative estimate of drug-likeness (QED) is 0.882. The SMILES string of the molecule is COCCn1cc2c(n1)[C@@H](NCc1cccc3c1OCO3)CCC2. The molecule has 1 atom stereocenters. The maximum Gasteiger partial charge on any atom is 0.231 e. The second kappa shape index (κ2) is 6.83. The van der Waals surface area contributed by atoms with Crippen molar-refractivity contribution in [2.45, 2.75) is 38.4 Å². The molecule has 1 aliphatic carbocycles. The average Bonchev–Trinajstić information content (AvgIpc) is 3.24. The molecule has 1 N–H and O–H groups in total. The zero-order valence-corrected chi connectivity index (χ0v) is 14.0. The molecule has 6 heteroatoms. The molecule has 0 bridgehead atoms. The highest BCUT2D eigenvalue weighted by atomic mass is 16.7. The number of methoxy groups -OCH3 is 1. The molecule has 0 unspecified atom stereocenters. The number of nitrogens with zero attached hydrogens (tertiary/aromatic N) is 2. The average molecular weight is 329 g/mol. The predicted molar refractivity (Wildman–Crippen MR) is 89.2 cm³/mol. The van der Waals surface area contributed by atoms with Crippen LogP contribution in [0.5, 0.6) is 11.5 Å². The van der Waals surface area contributed by atoms with Gasteiger partial charge in [0.25, 0.3) is 0 Å². The second-order valence-corrected chi connectivity index (χ2v) is 6.27. The fraction of sp³-hybridized carbons (Fsp3) is 0.500. The van der Waals surface area contributed by atoms with Crippen molar-refractivity contribution >= 4 is 0 Å². The third-order valence-corrected chi connectivity index (χ3v) is 4.68. The molecule has 0 spiro atoms. The molecule has 0 amide bonds. The highest BCUT2D eigenvalue weighted by molar-refractivity contribution is 5.48. The zero-order valence-electron chi connectivity index (χ0n) is 14.0. The van der Waals surface area contributed by atoms with Crippen molar-refractivity contribution in [3.8, 4) is 11.5 Å². The van der Waals surface area contributed by atoms with E-state index in [0.29, 0.717) is 13.4 Å². The fourth-order valence-electron chi connectivity index (χ4n) is 3.46. The van der Waals surface area contributed by atoms with E-state index in [2.05, 4.69) is 17.6 Å². The molecule has 4 rings (SSSR count). The van der Waals surface area contributed by atoms with Crippen molar-refractivity contribution in [3.63, 3.8) is 0 Å². The van der Waals surface area contributed by atoms with Crippen LogP contribution in [0.2, 0.25) is 0 Å². The summed E-state index contributed by atoms with van der Waals surface area (Å²) in [6.07, 6.45) is 5.57. The van der Waals surface area contributed by atoms with Gasteiger partial charge in [0.1, 0.15) is 0 Å². The second-order valence-electron chi connectivity index (χ2n) is 6.27. The summed E-state index contributed by atoms with van der Waals surface area (Å²) in [7, 11) is 1.72. The van der Waals surface area contributed by atoms with Gasteiger partial charge in [-0.25, -0.2) is 0 Å². The van der Waals surface area contributed by atoms with E-state index in [0.717, 1.165) is 43.0 Å². The molecule has 0 saturated heterocycles.